The zero-order valence-corrected chi connectivity index (χ0v) is 16.5. The van der Waals surface area contributed by atoms with Crippen LogP contribution in [0.2, 0.25) is 5.15 Å². The molecule has 7 nitrogen and oxygen atoms in total. The number of aromatic nitrogens is 2. The quantitative estimate of drug-likeness (QED) is 0.472. The summed E-state index contributed by atoms with van der Waals surface area (Å²) in [5.41, 5.74) is 4.12. The Labute approximate surface area is 171 Å². The van der Waals surface area contributed by atoms with Crippen LogP contribution in [0.5, 0.6) is 11.5 Å². The number of carbonyl (C=O) groups excluding carboxylic acids is 1. The summed E-state index contributed by atoms with van der Waals surface area (Å²) in [5.74, 6) is 0.441. The molecule has 0 saturated carbocycles. The fraction of sp³-hybridized carbons (Fsp3) is 0.150. The summed E-state index contributed by atoms with van der Waals surface area (Å²) in [7, 11) is 1.57. The first kappa shape index (κ1) is 20.3. The molecular formula is C20H18ClFN4O3. The molecule has 150 valence electrons. The van der Waals surface area contributed by atoms with Crippen LogP contribution in [0.4, 0.5) is 4.39 Å². The molecule has 0 atom stereocenters. The van der Waals surface area contributed by atoms with Gasteiger partial charge in [0.15, 0.2) is 6.61 Å². The van der Waals surface area contributed by atoms with Crippen LogP contribution in [0.25, 0.3) is 5.69 Å². The lowest BCUT2D eigenvalue weighted by Crippen LogP contribution is -2.24. The molecular weight excluding hydrogens is 399 g/mol. The van der Waals surface area contributed by atoms with Crippen LogP contribution in [0.3, 0.4) is 0 Å². The topological polar surface area (TPSA) is 77.7 Å². The maximum Gasteiger partial charge on any atom is 0.277 e. The Kier molecular flexibility index (Phi) is 6.46. The largest absolute Gasteiger partial charge is 0.497 e. The van der Waals surface area contributed by atoms with Gasteiger partial charge in [0.05, 0.1) is 30.3 Å². The fourth-order valence-corrected chi connectivity index (χ4v) is 2.75. The molecule has 0 radical (unpaired) electrons. The lowest BCUT2D eigenvalue weighted by Gasteiger charge is -2.05. The van der Waals surface area contributed by atoms with Crippen LogP contribution in [0.15, 0.2) is 53.6 Å². The van der Waals surface area contributed by atoms with E-state index in [1.807, 2.05) is 0 Å². The van der Waals surface area contributed by atoms with Crippen molar-refractivity contribution >= 4 is 23.7 Å². The molecule has 0 aliphatic heterocycles. The van der Waals surface area contributed by atoms with Crippen molar-refractivity contribution in [1.29, 1.82) is 0 Å². The highest BCUT2D eigenvalue weighted by Gasteiger charge is 2.13. The highest BCUT2D eigenvalue weighted by Crippen LogP contribution is 2.22. The Bertz CT molecular complexity index is 1020. The number of nitrogens with one attached hydrogen (secondary N) is 1. The predicted octanol–water partition coefficient (Wildman–Crippen LogP) is 3.51. The van der Waals surface area contributed by atoms with Crippen LogP contribution in [0, 0.1) is 12.7 Å². The van der Waals surface area contributed by atoms with Gasteiger partial charge < -0.3 is 9.47 Å². The average molecular weight is 417 g/mol. The van der Waals surface area contributed by atoms with Gasteiger partial charge in [-0.1, -0.05) is 11.6 Å². The maximum absolute atomic E-state index is 13.1. The molecule has 29 heavy (non-hydrogen) atoms. The summed E-state index contributed by atoms with van der Waals surface area (Å²) < 4.78 is 25.0. The number of hydrogen-bond donors (Lipinski definition) is 1. The number of nitrogens with zero attached hydrogens (tertiary/aromatic N) is 3. The van der Waals surface area contributed by atoms with E-state index in [9.17, 15) is 9.18 Å². The zero-order valence-electron chi connectivity index (χ0n) is 15.7. The van der Waals surface area contributed by atoms with Crippen molar-refractivity contribution in [2.24, 2.45) is 5.10 Å². The predicted molar refractivity (Wildman–Crippen MR) is 107 cm³/mol. The number of methoxy groups -OCH3 is 1. The highest BCUT2D eigenvalue weighted by molar-refractivity contribution is 6.32. The monoisotopic (exact) mass is 416 g/mol. The number of rotatable bonds is 7. The van der Waals surface area contributed by atoms with E-state index in [1.165, 1.54) is 23.0 Å². The lowest BCUT2D eigenvalue weighted by atomic mass is 10.3. The highest BCUT2D eigenvalue weighted by atomic mass is 35.5. The fourth-order valence-electron chi connectivity index (χ4n) is 2.43. The van der Waals surface area contributed by atoms with Crippen molar-refractivity contribution in [2.75, 3.05) is 13.7 Å². The number of benzene rings is 2. The van der Waals surface area contributed by atoms with E-state index in [0.717, 1.165) is 0 Å². The maximum atomic E-state index is 13.1. The second-order valence-corrected chi connectivity index (χ2v) is 6.29. The van der Waals surface area contributed by atoms with Gasteiger partial charge >= 0.3 is 0 Å². The van der Waals surface area contributed by atoms with Gasteiger partial charge in [0, 0.05) is 0 Å². The average Bonchev–Trinajstić information content (AvgIpc) is 3.01. The molecule has 9 heteroatoms. The first-order valence-corrected chi connectivity index (χ1v) is 8.95. The lowest BCUT2D eigenvalue weighted by molar-refractivity contribution is -0.123. The van der Waals surface area contributed by atoms with Gasteiger partial charge in [-0.3, -0.25) is 4.79 Å². The summed E-state index contributed by atoms with van der Waals surface area (Å²) in [6.45, 7) is 1.55. The molecule has 0 aliphatic rings. The Morgan fingerprint density at radius 2 is 1.86 bits per heavy atom. The summed E-state index contributed by atoms with van der Waals surface area (Å²) in [4.78, 5) is 11.9. The van der Waals surface area contributed by atoms with Gasteiger partial charge in [0.25, 0.3) is 5.91 Å². The first-order chi connectivity index (χ1) is 14.0. The van der Waals surface area contributed by atoms with Crippen LogP contribution in [0.1, 0.15) is 11.3 Å². The van der Waals surface area contributed by atoms with Gasteiger partial charge in [0.2, 0.25) is 0 Å². The normalized spacial score (nSPS) is 10.9. The van der Waals surface area contributed by atoms with E-state index in [1.54, 1.807) is 50.4 Å². The molecule has 0 unspecified atom stereocenters. The molecule has 0 spiro atoms. The van der Waals surface area contributed by atoms with Crippen molar-refractivity contribution < 1.29 is 18.7 Å². The number of halogens is 2. The number of carbonyl (C=O) groups is 1. The number of amides is 1. The molecule has 0 bridgehead atoms. The zero-order chi connectivity index (χ0) is 20.8. The molecule has 3 aromatic rings. The Morgan fingerprint density at radius 1 is 1.21 bits per heavy atom. The summed E-state index contributed by atoms with van der Waals surface area (Å²) in [5, 5.41) is 8.52. The first-order valence-electron chi connectivity index (χ1n) is 8.57. The van der Waals surface area contributed by atoms with Gasteiger partial charge in [-0.15, -0.1) is 0 Å². The Hall–Kier alpha value is -3.39. The molecule has 0 saturated heterocycles. The number of ether oxygens (including phenoxy) is 2. The van der Waals surface area contributed by atoms with Crippen molar-refractivity contribution in [3.63, 3.8) is 0 Å². The van der Waals surface area contributed by atoms with E-state index < -0.39 is 5.91 Å². The van der Waals surface area contributed by atoms with Gasteiger partial charge in [-0.2, -0.15) is 10.2 Å². The van der Waals surface area contributed by atoms with Crippen molar-refractivity contribution in [2.45, 2.75) is 6.92 Å². The minimum atomic E-state index is -0.434. The Morgan fingerprint density at radius 3 is 2.52 bits per heavy atom. The van der Waals surface area contributed by atoms with E-state index in [2.05, 4.69) is 15.6 Å². The Balaban J connectivity index is 1.59. The van der Waals surface area contributed by atoms with Crippen LogP contribution >= 0.6 is 11.6 Å². The summed E-state index contributed by atoms with van der Waals surface area (Å²) in [6.07, 6.45) is 1.40. The third kappa shape index (κ3) is 5.11. The van der Waals surface area contributed by atoms with Crippen molar-refractivity contribution in [3.8, 4) is 17.2 Å². The standard InChI is InChI=1S/C20H18ClFN4O3/c1-13-18(20(21)26(25-13)15-5-3-14(22)4-6-15)11-23-24-19(27)12-29-17-9-7-16(28-2)8-10-17/h3-11H,12H2,1-2H3,(H,24,27)/b23-11+. The van der Waals surface area contributed by atoms with Crippen LogP contribution in [-0.4, -0.2) is 35.6 Å². The number of hydrazone groups is 1. The minimum absolute atomic E-state index is 0.203. The van der Waals surface area contributed by atoms with Crippen molar-refractivity contribution in [1.82, 2.24) is 15.2 Å². The summed E-state index contributed by atoms with van der Waals surface area (Å²) in [6, 6.07) is 12.6. The van der Waals surface area contributed by atoms with E-state index in [-0.39, 0.29) is 12.4 Å². The molecule has 0 aliphatic carbocycles. The van der Waals surface area contributed by atoms with Crippen molar-refractivity contribution in [3.05, 3.63) is 70.8 Å². The third-order valence-electron chi connectivity index (χ3n) is 3.93. The minimum Gasteiger partial charge on any atom is -0.497 e. The summed E-state index contributed by atoms with van der Waals surface area (Å²) >= 11 is 6.35. The molecule has 1 heterocycles. The van der Waals surface area contributed by atoms with Crippen LogP contribution < -0.4 is 14.9 Å². The molecule has 1 aromatic heterocycles. The van der Waals surface area contributed by atoms with E-state index in [4.69, 9.17) is 21.1 Å². The van der Waals surface area contributed by atoms with Gasteiger partial charge in [0.1, 0.15) is 22.5 Å². The van der Waals surface area contributed by atoms with Gasteiger partial charge in [-0.05, 0) is 55.5 Å². The van der Waals surface area contributed by atoms with E-state index >= 15 is 0 Å². The second-order valence-electron chi connectivity index (χ2n) is 5.94. The van der Waals surface area contributed by atoms with Gasteiger partial charge in [-0.25, -0.2) is 14.5 Å². The SMILES string of the molecule is COc1ccc(OCC(=O)N/N=C/c2c(C)nn(-c3ccc(F)cc3)c2Cl)cc1. The molecule has 0 fully saturated rings. The number of hydrogen-bond acceptors (Lipinski definition) is 5. The third-order valence-corrected chi connectivity index (χ3v) is 4.30. The molecule has 3 rings (SSSR count). The van der Waals surface area contributed by atoms with Crippen LogP contribution in [-0.2, 0) is 4.79 Å². The molecule has 1 amide bonds. The number of aryl methyl sites for hydroxylation is 1. The second kappa shape index (κ2) is 9.20. The molecule has 2 aromatic carbocycles. The molecule has 1 N–H and O–H groups in total. The van der Waals surface area contributed by atoms with E-state index in [0.29, 0.717) is 33.6 Å². The smallest absolute Gasteiger partial charge is 0.277 e.